The van der Waals surface area contributed by atoms with E-state index >= 15 is 0 Å². The summed E-state index contributed by atoms with van der Waals surface area (Å²) >= 11 is 6.49. The molecule has 1 N–H and O–H groups in total. The first-order valence-electron chi connectivity index (χ1n) is 4.73. The van der Waals surface area contributed by atoms with Crippen LogP contribution in [-0.4, -0.2) is 56.2 Å². The van der Waals surface area contributed by atoms with Crippen LogP contribution in [0.5, 0.6) is 0 Å². The van der Waals surface area contributed by atoms with Gasteiger partial charge in [-0.2, -0.15) is 4.31 Å². The predicted molar refractivity (Wildman–Crippen MR) is 64.8 cm³/mol. The standard InChI is InChI=1S/C8H13ClN2O4S2/c1-15-5-3-11(2-4-12)17(13,14)7-6-10-8(9)16-7/h6,12H,2-5H2,1H3. The molecule has 0 aliphatic rings. The van der Waals surface area contributed by atoms with Crippen LogP contribution in [-0.2, 0) is 14.8 Å². The molecule has 1 rings (SSSR count). The average molecular weight is 301 g/mol. The van der Waals surface area contributed by atoms with Gasteiger partial charge in [-0.1, -0.05) is 22.9 Å². The van der Waals surface area contributed by atoms with Crippen molar-refractivity contribution in [3.8, 4) is 0 Å². The molecular weight excluding hydrogens is 288 g/mol. The number of aliphatic hydroxyl groups is 1. The van der Waals surface area contributed by atoms with Crippen molar-refractivity contribution in [2.45, 2.75) is 4.21 Å². The first-order chi connectivity index (χ1) is 8.02. The maximum Gasteiger partial charge on any atom is 0.254 e. The van der Waals surface area contributed by atoms with Crippen molar-refractivity contribution in [3.63, 3.8) is 0 Å². The van der Waals surface area contributed by atoms with Gasteiger partial charge in [0.1, 0.15) is 0 Å². The number of methoxy groups -OCH3 is 1. The smallest absolute Gasteiger partial charge is 0.254 e. The molecular formula is C8H13ClN2O4S2. The molecule has 0 aliphatic heterocycles. The van der Waals surface area contributed by atoms with Gasteiger partial charge in [0.15, 0.2) is 8.68 Å². The van der Waals surface area contributed by atoms with E-state index < -0.39 is 10.0 Å². The van der Waals surface area contributed by atoms with E-state index in [-0.39, 0.29) is 35.0 Å². The molecule has 9 heteroatoms. The zero-order valence-electron chi connectivity index (χ0n) is 9.17. The minimum absolute atomic E-state index is 0.0151. The maximum absolute atomic E-state index is 12.1. The van der Waals surface area contributed by atoms with E-state index in [1.54, 1.807) is 0 Å². The van der Waals surface area contributed by atoms with Crippen LogP contribution in [0.25, 0.3) is 0 Å². The Balaban J connectivity index is 2.91. The summed E-state index contributed by atoms with van der Waals surface area (Å²) in [5.41, 5.74) is 0. The summed E-state index contributed by atoms with van der Waals surface area (Å²) in [5.74, 6) is 0. The predicted octanol–water partition coefficient (Wildman–Crippen LogP) is 0.426. The highest BCUT2D eigenvalue weighted by molar-refractivity contribution is 7.91. The molecule has 0 unspecified atom stereocenters. The molecule has 0 atom stereocenters. The number of hydrogen-bond acceptors (Lipinski definition) is 6. The van der Waals surface area contributed by atoms with Crippen LogP contribution in [0.1, 0.15) is 0 Å². The van der Waals surface area contributed by atoms with E-state index in [0.29, 0.717) is 0 Å². The minimum Gasteiger partial charge on any atom is -0.395 e. The van der Waals surface area contributed by atoms with E-state index in [2.05, 4.69) is 4.98 Å². The summed E-state index contributed by atoms with van der Waals surface area (Å²) in [5, 5.41) is 8.87. The molecule has 0 amide bonds. The fraction of sp³-hybridized carbons (Fsp3) is 0.625. The lowest BCUT2D eigenvalue weighted by Crippen LogP contribution is -2.35. The molecule has 0 saturated heterocycles. The highest BCUT2D eigenvalue weighted by atomic mass is 35.5. The van der Waals surface area contributed by atoms with E-state index in [9.17, 15) is 8.42 Å². The number of nitrogens with zero attached hydrogens (tertiary/aromatic N) is 2. The van der Waals surface area contributed by atoms with Gasteiger partial charge < -0.3 is 9.84 Å². The van der Waals surface area contributed by atoms with Gasteiger partial charge in [-0.25, -0.2) is 13.4 Å². The zero-order chi connectivity index (χ0) is 12.9. The second-order valence-corrected chi connectivity index (χ2v) is 6.83. The summed E-state index contributed by atoms with van der Waals surface area (Å²) in [4.78, 5) is 3.69. The van der Waals surface area contributed by atoms with Crippen molar-refractivity contribution in [2.24, 2.45) is 0 Å². The molecule has 0 fully saturated rings. The molecule has 1 aromatic heterocycles. The summed E-state index contributed by atoms with van der Waals surface area (Å²) in [6.07, 6.45) is 1.21. The summed E-state index contributed by atoms with van der Waals surface area (Å²) in [6.45, 7) is 0.192. The lowest BCUT2D eigenvalue weighted by molar-refractivity contribution is 0.169. The Morgan fingerprint density at radius 1 is 1.59 bits per heavy atom. The molecule has 0 aliphatic carbocycles. The summed E-state index contributed by atoms with van der Waals surface area (Å²) in [7, 11) is -2.17. The topological polar surface area (TPSA) is 79.7 Å². The number of sulfonamides is 1. The Morgan fingerprint density at radius 2 is 2.29 bits per heavy atom. The van der Waals surface area contributed by atoms with Gasteiger partial charge in [-0.15, -0.1) is 0 Å². The quantitative estimate of drug-likeness (QED) is 0.790. The number of hydrogen-bond donors (Lipinski definition) is 1. The van der Waals surface area contributed by atoms with Crippen LogP contribution in [0.4, 0.5) is 0 Å². The van der Waals surface area contributed by atoms with Gasteiger partial charge in [-0.3, -0.25) is 0 Å². The minimum atomic E-state index is -3.65. The van der Waals surface area contributed by atoms with Crippen molar-refractivity contribution < 1.29 is 18.3 Å². The molecule has 0 aromatic carbocycles. The Hall–Kier alpha value is -0.250. The third-order valence-corrected chi connectivity index (χ3v) is 5.39. The normalized spacial score (nSPS) is 12.2. The van der Waals surface area contributed by atoms with Crippen LogP contribution in [0.3, 0.4) is 0 Å². The van der Waals surface area contributed by atoms with Crippen LogP contribution < -0.4 is 0 Å². The van der Waals surface area contributed by atoms with E-state index in [1.165, 1.54) is 13.3 Å². The Bertz CT molecular complexity index is 448. The first kappa shape index (κ1) is 14.8. The van der Waals surface area contributed by atoms with Gasteiger partial charge in [-0.05, 0) is 0 Å². The maximum atomic E-state index is 12.1. The Labute approximate surface area is 109 Å². The number of halogens is 1. The molecule has 1 aromatic rings. The molecule has 1 heterocycles. The Morgan fingerprint density at radius 3 is 2.76 bits per heavy atom. The van der Waals surface area contributed by atoms with Crippen molar-refractivity contribution in [3.05, 3.63) is 10.7 Å². The number of ether oxygens (including phenoxy) is 1. The van der Waals surface area contributed by atoms with Crippen molar-refractivity contribution >= 4 is 33.0 Å². The lowest BCUT2D eigenvalue weighted by atomic mass is 10.6. The third kappa shape index (κ3) is 3.87. The average Bonchev–Trinajstić information content (AvgIpc) is 2.71. The van der Waals surface area contributed by atoms with Gasteiger partial charge in [0, 0.05) is 20.2 Å². The largest absolute Gasteiger partial charge is 0.395 e. The summed E-state index contributed by atoms with van der Waals surface area (Å²) < 4.78 is 30.4. The van der Waals surface area contributed by atoms with Crippen molar-refractivity contribution in [2.75, 3.05) is 33.4 Å². The summed E-state index contributed by atoms with van der Waals surface area (Å²) in [6, 6.07) is 0. The molecule has 98 valence electrons. The monoisotopic (exact) mass is 300 g/mol. The van der Waals surface area contributed by atoms with Crippen LogP contribution in [0, 0.1) is 0 Å². The van der Waals surface area contributed by atoms with Crippen LogP contribution >= 0.6 is 22.9 Å². The fourth-order valence-electron chi connectivity index (χ4n) is 1.14. The van der Waals surface area contributed by atoms with E-state index in [4.69, 9.17) is 21.4 Å². The third-order valence-electron chi connectivity index (χ3n) is 1.94. The lowest BCUT2D eigenvalue weighted by Gasteiger charge is -2.19. The first-order valence-corrected chi connectivity index (χ1v) is 7.37. The highest BCUT2D eigenvalue weighted by Crippen LogP contribution is 2.25. The molecule has 0 spiro atoms. The van der Waals surface area contributed by atoms with Crippen molar-refractivity contribution in [1.29, 1.82) is 0 Å². The molecule has 0 radical (unpaired) electrons. The molecule has 0 saturated carbocycles. The second kappa shape index (κ2) is 6.62. The van der Waals surface area contributed by atoms with Crippen LogP contribution in [0.15, 0.2) is 10.4 Å². The van der Waals surface area contributed by atoms with E-state index in [0.717, 1.165) is 15.6 Å². The number of rotatable bonds is 7. The number of aliphatic hydroxyl groups excluding tert-OH is 1. The van der Waals surface area contributed by atoms with Gasteiger partial charge in [0.25, 0.3) is 10.0 Å². The molecule has 0 bridgehead atoms. The van der Waals surface area contributed by atoms with Gasteiger partial charge in [0.2, 0.25) is 0 Å². The number of aromatic nitrogens is 1. The van der Waals surface area contributed by atoms with Crippen molar-refractivity contribution in [1.82, 2.24) is 9.29 Å². The van der Waals surface area contributed by atoms with Crippen LogP contribution in [0.2, 0.25) is 4.47 Å². The highest BCUT2D eigenvalue weighted by Gasteiger charge is 2.25. The number of thiazole rings is 1. The van der Waals surface area contributed by atoms with Gasteiger partial charge >= 0.3 is 0 Å². The second-order valence-electron chi connectivity index (χ2n) is 3.05. The fourth-order valence-corrected chi connectivity index (χ4v) is 4.01. The molecule has 6 nitrogen and oxygen atoms in total. The Kier molecular flexibility index (Phi) is 5.77. The zero-order valence-corrected chi connectivity index (χ0v) is 11.6. The van der Waals surface area contributed by atoms with E-state index in [1.807, 2.05) is 0 Å². The van der Waals surface area contributed by atoms with Gasteiger partial charge in [0.05, 0.1) is 19.4 Å². The molecule has 17 heavy (non-hydrogen) atoms. The SMILES string of the molecule is COCCN(CCO)S(=O)(=O)c1cnc(Cl)s1.